The summed E-state index contributed by atoms with van der Waals surface area (Å²) in [5.74, 6) is 0.171. The fourth-order valence-corrected chi connectivity index (χ4v) is 6.52. The SMILES string of the molecule is Cc1cccc(F)c1NC(=O)c1cc2c(s1)-c1ccccc1N(C(=O)c1cccc(-n3cncc3C3CC3)n1)CC2. The molecule has 9 heteroatoms. The zero-order valence-corrected chi connectivity index (χ0v) is 23.1. The molecule has 0 bridgehead atoms. The molecule has 2 aromatic carbocycles. The van der Waals surface area contributed by atoms with Crippen molar-refractivity contribution in [2.75, 3.05) is 16.8 Å². The first-order chi connectivity index (χ1) is 20.0. The van der Waals surface area contributed by atoms with Crippen LogP contribution in [0.2, 0.25) is 0 Å². The van der Waals surface area contributed by atoms with Crippen molar-refractivity contribution in [2.45, 2.75) is 32.1 Å². The van der Waals surface area contributed by atoms with Crippen LogP contribution in [0.5, 0.6) is 0 Å². The number of imidazole rings is 1. The number of nitrogens with one attached hydrogen (secondary N) is 1. The van der Waals surface area contributed by atoms with Crippen LogP contribution in [-0.2, 0) is 6.42 Å². The lowest BCUT2D eigenvalue weighted by atomic mass is 10.1. The standard InChI is InChI=1S/C32H26FN5O2S/c1-19-6-4-8-23(33)29(19)36-31(39)27-16-21-14-15-37(25-10-3-2-7-22(25)30(21)41-27)32(40)24-9-5-11-28(35-24)38-18-34-17-26(38)20-12-13-20/h2-11,16-18,20H,12-15H2,1H3,(H,36,39). The van der Waals surface area contributed by atoms with E-state index < -0.39 is 5.82 Å². The van der Waals surface area contributed by atoms with Gasteiger partial charge in [0.05, 0.1) is 16.3 Å². The van der Waals surface area contributed by atoms with Gasteiger partial charge in [0.1, 0.15) is 23.7 Å². The zero-order chi connectivity index (χ0) is 28.1. The summed E-state index contributed by atoms with van der Waals surface area (Å²) in [5, 5.41) is 2.74. The summed E-state index contributed by atoms with van der Waals surface area (Å²) in [6, 6.07) is 19.8. The normalized spacial score (nSPS) is 14.2. The number of amides is 2. The Bertz CT molecular complexity index is 1800. The van der Waals surface area contributed by atoms with Crippen molar-refractivity contribution < 1.29 is 14.0 Å². The second-order valence-electron chi connectivity index (χ2n) is 10.4. The summed E-state index contributed by atoms with van der Waals surface area (Å²) in [6.07, 6.45) is 6.48. The predicted octanol–water partition coefficient (Wildman–Crippen LogP) is 6.78. The Morgan fingerprint density at radius 3 is 2.71 bits per heavy atom. The largest absolute Gasteiger partial charge is 0.319 e. The van der Waals surface area contributed by atoms with E-state index in [0.29, 0.717) is 40.8 Å². The van der Waals surface area contributed by atoms with Gasteiger partial charge in [0.2, 0.25) is 0 Å². The fraction of sp³-hybridized carbons (Fsp3) is 0.188. The molecule has 1 saturated carbocycles. The first kappa shape index (κ1) is 25.3. The summed E-state index contributed by atoms with van der Waals surface area (Å²) >= 11 is 1.35. The van der Waals surface area contributed by atoms with E-state index in [1.54, 1.807) is 36.4 Å². The highest BCUT2D eigenvalue weighted by atomic mass is 32.1. The van der Waals surface area contributed by atoms with E-state index in [1.165, 1.54) is 17.4 Å². The molecule has 0 spiro atoms. The van der Waals surface area contributed by atoms with E-state index in [9.17, 15) is 14.0 Å². The van der Waals surface area contributed by atoms with Crippen LogP contribution in [0.1, 0.15) is 55.7 Å². The van der Waals surface area contributed by atoms with E-state index >= 15 is 0 Å². The molecule has 3 aromatic heterocycles. The number of fused-ring (bicyclic) bond motifs is 3. The average molecular weight is 564 g/mol. The number of thiophene rings is 1. The summed E-state index contributed by atoms with van der Waals surface area (Å²) < 4.78 is 16.3. The molecule has 1 aliphatic carbocycles. The number of carbonyl (C=O) groups is 2. The van der Waals surface area contributed by atoms with Gasteiger partial charge in [0.15, 0.2) is 0 Å². The second-order valence-corrected chi connectivity index (χ2v) is 11.5. The van der Waals surface area contributed by atoms with Gasteiger partial charge in [-0.05, 0) is 67.6 Å². The molecule has 0 unspecified atom stereocenters. The maximum atomic E-state index is 14.4. The van der Waals surface area contributed by atoms with Gasteiger partial charge in [-0.1, -0.05) is 36.4 Å². The fourth-order valence-electron chi connectivity index (χ4n) is 5.38. The van der Waals surface area contributed by atoms with Gasteiger partial charge in [0.25, 0.3) is 11.8 Å². The van der Waals surface area contributed by atoms with Crippen LogP contribution in [0.15, 0.2) is 79.3 Å². The summed E-state index contributed by atoms with van der Waals surface area (Å²) in [7, 11) is 0. The van der Waals surface area contributed by atoms with Gasteiger partial charge in [-0.15, -0.1) is 11.3 Å². The van der Waals surface area contributed by atoms with Crippen LogP contribution in [0.4, 0.5) is 15.8 Å². The molecule has 4 heterocycles. The number of nitrogens with zero attached hydrogens (tertiary/aromatic N) is 4. The van der Waals surface area contributed by atoms with Crippen LogP contribution >= 0.6 is 11.3 Å². The summed E-state index contributed by atoms with van der Waals surface area (Å²) in [4.78, 5) is 39.3. The molecule has 1 N–H and O–H groups in total. The quantitative estimate of drug-likeness (QED) is 0.256. The molecule has 2 amide bonds. The highest BCUT2D eigenvalue weighted by molar-refractivity contribution is 7.17. The minimum absolute atomic E-state index is 0.185. The van der Waals surface area contributed by atoms with Gasteiger partial charge in [0, 0.05) is 34.8 Å². The predicted molar refractivity (Wildman–Crippen MR) is 158 cm³/mol. The van der Waals surface area contributed by atoms with Gasteiger partial charge < -0.3 is 10.2 Å². The number of hydrogen-bond donors (Lipinski definition) is 1. The number of benzene rings is 2. The molecule has 0 atom stereocenters. The number of rotatable bonds is 5. The van der Waals surface area contributed by atoms with Crippen molar-refractivity contribution in [2.24, 2.45) is 0 Å². The van der Waals surface area contributed by atoms with Crippen LogP contribution in [0, 0.1) is 12.7 Å². The average Bonchev–Trinajstić information content (AvgIpc) is 3.59. The molecule has 1 aliphatic heterocycles. The minimum atomic E-state index is -0.467. The van der Waals surface area contributed by atoms with E-state index in [2.05, 4.69) is 10.3 Å². The number of anilines is 2. The Morgan fingerprint density at radius 2 is 1.88 bits per heavy atom. The van der Waals surface area contributed by atoms with Crippen LogP contribution in [0.3, 0.4) is 0 Å². The number of aromatic nitrogens is 3. The third-order valence-corrected chi connectivity index (χ3v) is 8.86. The maximum absolute atomic E-state index is 14.4. The van der Waals surface area contributed by atoms with E-state index in [4.69, 9.17) is 4.98 Å². The molecule has 204 valence electrons. The number of pyridine rings is 1. The summed E-state index contributed by atoms with van der Waals surface area (Å²) in [5.41, 5.74) is 4.94. The van der Waals surface area contributed by atoms with Crippen molar-refractivity contribution >= 4 is 34.5 Å². The van der Waals surface area contributed by atoms with Crippen molar-refractivity contribution in [3.8, 4) is 16.3 Å². The Kier molecular flexibility index (Phi) is 6.23. The third kappa shape index (κ3) is 4.62. The van der Waals surface area contributed by atoms with Gasteiger partial charge in [-0.25, -0.2) is 14.4 Å². The molecular weight excluding hydrogens is 537 g/mol. The Morgan fingerprint density at radius 1 is 1.05 bits per heavy atom. The molecule has 41 heavy (non-hydrogen) atoms. The number of carbonyl (C=O) groups excluding carboxylic acids is 2. The molecule has 7 nitrogen and oxygen atoms in total. The number of para-hydroxylation sites is 2. The van der Waals surface area contributed by atoms with E-state index in [1.807, 2.05) is 53.2 Å². The smallest absolute Gasteiger partial charge is 0.276 e. The first-order valence-electron chi connectivity index (χ1n) is 13.6. The lowest BCUT2D eigenvalue weighted by Gasteiger charge is -2.23. The van der Waals surface area contributed by atoms with E-state index in [-0.39, 0.29) is 17.5 Å². The highest BCUT2D eigenvalue weighted by Crippen LogP contribution is 2.42. The minimum Gasteiger partial charge on any atom is -0.319 e. The molecule has 2 aliphatic rings. The van der Waals surface area contributed by atoms with Gasteiger partial charge in [-0.3, -0.25) is 14.2 Å². The number of aryl methyl sites for hydroxylation is 1. The van der Waals surface area contributed by atoms with E-state index in [0.717, 1.165) is 40.2 Å². The van der Waals surface area contributed by atoms with Crippen molar-refractivity contribution in [1.29, 1.82) is 0 Å². The van der Waals surface area contributed by atoms with Gasteiger partial charge in [-0.2, -0.15) is 0 Å². The van der Waals surface area contributed by atoms with Crippen molar-refractivity contribution in [3.05, 3.63) is 112 Å². The lowest BCUT2D eigenvalue weighted by Crippen LogP contribution is -2.33. The van der Waals surface area contributed by atoms with Crippen LogP contribution in [-0.4, -0.2) is 32.9 Å². The van der Waals surface area contributed by atoms with Crippen LogP contribution in [0.25, 0.3) is 16.3 Å². The number of halogens is 1. The molecule has 1 fully saturated rings. The molecule has 7 rings (SSSR count). The highest BCUT2D eigenvalue weighted by Gasteiger charge is 2.30. The Balaban J connectivity index is 1.19. The van der Waals surface area contributed by atoms with Crippen LogP contribution < -0.4 is 10.2 Å². The second kappa shape index (κ2) is 10.1. The molecule has 0 radical (unpaired) electrons. The zero-order valence-electron chi connectivity index (χ0n) is 22.3. The first-order valence-corrected chi connectivity index (χ1v) is 14.4. The molecule has 5 aromatic rings. The molecule has 0 saturated heterocycles. The van der Waals surface area contributed by atoms with Crippen molar-refractivity contribution in [1.82, 2.24) is 14.5 Å². The molecular formula is C32H26FN5O2S. The number of hydrogen-bond acceptors (Lipinski definition) is 5. The summed E-state index contributed by atoms with van der Waals surface area (Å²) in [6.45, 7) is 2.19. The monoisotopic (exact) mass is 563 g/mol. The Hall–Kier alpha value is -4.63. The van der Waals surface area contributed by atoms with Gasteiger partial charge >= 0.3 is 0 Å². The van der Waals surface area contributed by atoms with Crippen molar-refractivity contribution in [3.63, 3.8) is 0 Å². The Labute approximate surface area is 240 Å². The topological polar surface area (TPSA) is 80.1 Å². The maximum Gasteiger partial charge on any atom is 0.276 e. The lowest BCUT2D eigenvalue weighted by molar-refractivity contribution is 0.0981. The third-order valence-electron chi connectivity index (χ3n) is 7.65.